The molecule has 0 spiro atoms. The summed E-state index contributed by atoms with van der Waals surface area (Å²) >= 11 is 0. The summed E-state index contributed by atoms with van der Waals surface area (Å²) in [5, 5.41) is 5.44. The van der Waals surface area contributed by atoms with Crippen LogP contribution in [0.15, 0.2) is 12.1 Å². The number of halogens is 2. The maximum atomic E-state index is 13.6. The van der Waals surface area contributed by atoms with Gasteiger partial charge in [0.15, 0.2) is 0 Å². The summed E-state index contributed by atoms with van der Waals surface area (Å²) in [6.07, 6.45) is 1.56. The van der Waals surface area contributed by atoms with Gasteiger partial charge < -0.3 is 16.4 Å². The SMILES string of the molecule is NC(=O)c1cc(NC(=O)[C@@H]2CCCNC2)c(F)cc1F. The lowest BCUT2D eigenvalue weighted by Crippen LogP contribution is -2.37. The van der Waals surface area contributed by atoms with E-state index in [1.165, 1.54) is 0 Å². The van der Waals surface area contributed by atoms with E-state index >= 15 is 0 Å². The topological polar surface area (TPSA) is 84.2 Å². The second kappa shape index (κ2) is 5.96. The molecule has 0 unspecified atom stereocenters. The number of primary amides is 1. The highest BCUT2D eigenvalue weighted by molar-refractivity contribution is 5.97. The Labute approximate surface area is 114 Å². The molecule has 108 valence electrons. The number of carbonyl (C=O) groups is 2. The van der Waals surface area contributed by atoms with Crippen molar-refractivity contribution < 1.29 is 18.4 Å². The van der Waals surface area contributed by atoms with Crippen LogP contribution >= 0.6 is 0 Å². The van der Waals surface area contributed by atoms with Gasteiger partial charge in [-0.15, -0.1) is 0 Å². The lowest BCUT2D eigenvalue weighted by molar-refractivity contribution is -0.120. The highest BCUT2D eigenvalue weighted by atomic mass is 19.1. The molecule has 7 heteroatoms. The lowest BCUT2D eigenvalue weighted by atomic mass is 9.98. The third-order valence-electron chi connectivity index (χ3n) is 3.25. The molecule has 2 amide bonds. The summed E-state index contributed by atoms with van der Waals surface area (Å²) in [7, 11) is 0. The predicted molar refractivity (Wildman–Crippen MR) is 69.1 cm³/mol. The normalized spacial score (nSPS) is 18.6. The van der Waals surface area contributed by atoms with Crippen LogP contribution in [0.4, 0.5) is 14.5 Å². The van der Waals surface area contributed by atoms with Crippen LogP contribution in [0.3, 0.4) is 0 Å². The van der Waals surface area contributed by atoms with E-state index in [4.69, 9.17) is 5.73 Å². The molecule has 0 saturated carbocycles. The number of benzene rings is 1. The fraction of sp³-hybridized carbons (Fsp3) is 0.385. The third kappa shape index (κ3) is 3.11. The summed E-state index contributed by atoms with van der Waals surface area (Å²) in [6, 6.07) is 1.45. The summed E-state index contributed by atoms with van der Waals surface area (Å²) in [6.45, 7) is 1.36. The summed E-state index contributed by atoms with van der Waals surface area (Å²) in [4.78, 5) is 23.0. The standard InChI is InChI=1S/C13H15F2N3O2/c14-9-5-10(15)11(4-8(9)12(16)19)18-13(20)7-2-1-3-17-6-7/h4-5,7,17H,1-3,6H2,(H2,16,19)(H,18,20)/t7-/m1/s1. The number of rotatable bonds is 3. The number of nitrogens with one attached hydrogen (secondary N) is 2. The minimum Gasteiger partial charge on any atom is -0.366 e. The van der Waals surface area contributed by atoms with Crippen molar-refractivity contribution >= 4 is 17.5 Å². The van der Waals surface area contributed by atoms with Crippen molar-refractivity contribution in [2.45, 2.75) is 12.8 Å². The van der Waals surface area contributed by atoms with E-state index in [2.05, 4.69) is 10.6 Å². The van der Waals surface area contributed by atoms with E-state index in [-0.39, 0.29) is 17.5 Å². The minimum atomic E-state index is -1.05. The van der Waals surface area contributed by atoms with Crippen molar-refractivity contribution in [2.24, 2.45) is 11.7 Å². The fourth-order valence-corrected chi connectivity index (χ4v) is 2.14. The monoisotopic (exact) mass is 283 g/mol. The number of nitrogens with two attached hydrogens (primary N) is 1. The first-order valence-corrected chi connectivity index (χ1v) is 6.29. The van der Waals surface area contributed by atoms with Crippen molar-refractivity contribution in [1.82, 2.24) is 5.32 Å². The molecular weight excluding hydrogens is 268 g/mol. The van der Waals surface area contributed by atoms with E-state index < -0.39 is 23.1 Å². The first-order chi connectivity index (χ1) is 9.49. The summed E-state index contributed by atoms with van der Waals surface area (Å²) in [5.74, 6) is -3.64. The van der Waals surface area contributed by atoms with Gasteiger partial charge in [-0.1, -0.05) is 0 Å². The van der Waals surface area contributed by atoms with Crippen LogP contribution in [-0.2, 0) is 4.79 Å². The zero-order chi connectivity index (χ0) is 14.7. The fourth-order valence-electron chi connectivity index (χ4n) is 2.14. The predicted octanol–water partition coefficient (Wildman–Crippen LogP) is 1.00. The van der Waals surface area contributed by atoms with Gasteiger partial charge in [0.05, 0.1) is 17.2 Å². The quantitative estimate of drug-likeness (QED) is 0.773. The smallest absolute Gasteiger partial charge is 0.251 e. The molecule has 0 radical (unpaired) electrons. The molecular formula is C13H15F2N3O2. The molecule has 4 N–H and O–H groups in total. The van der Waals surface area contributed by atoms with Gasteiger partial charge in [-0.3, -0.25) is 9.59 Å². The highest BCUT2D eigenvalue weighted by Gasteiger charge is 2.22. The number of amides is 2. The van der Waals surface area contributed by atoms with Crippen LogP contribution < -0.4 is 16.4 Å². The Kier molecular flexibility index (Phi) is 4.29. The molecule has 5 nitrogen and oxygen atoms in total. The van der Waals surface area contributed by atoms with E-state index in [0.29, 0.717) is 19.0 Å². The number of hydrogen-bond acceptors (Lipinski definition) is 3. The summed E-state index contributed by atoms with van der Waals surface area (Å²) < 4.78 is 26.9. The average Bonchev–Trinajstić information content (AvgIpc) is 2.42. The summed E-state index contributed by atoms with van der Waals surface area (Å²) in [5.41, 5.74) is 4.29. The Morgan fingerprint density at radius 2 is 2.05 bits per heavy atom. The van der Waals surface area contributed by atoms with Crippen LogP contribution in [0, 0.1) is 17.6 Å². The molecule has 0 aromatic heterocycles. The van der Waals surface area contributed by atoms with Crippen molar-refractivity contribution in [3.8, 4) is 0 Å². The van der Waals surface area contributed by atoms with Crippen LogP contribution in [-0.4, -0.2) is 24.9 Å². The zero-order valence-corrected chi connectivity index (χ0v) is 10.7. The number of hydrogen-bond donors (Lipinski definition) is 3. The Morgan fingerprint density at radius 1 is 1.30 bits per heavy atom. The second-order valence-corrected chi connectivity index (χ2v) is 4.71. The van der Waals surface area contributed by atoms with Gasteiger partial charge in [0, 0.05) is 12.6 Å². The van der Waals surface area contributed by atoms with Crippen LogP contribution in [0.25, 0.3) is 0 Å². The molecule has 1 aliphatic heterocycles. The first kappa shape index (κ1) is 14.4. The van der Waals surface area contributed by atoms with Gasteiger partial charge >= 0.3 is 0 Å². The van der Waals surface area contributed by atoms with E-state index in [1.54, 1.807) is 0 Å². The number of anilines is 1. The van der Waals surface area contributed by atoms with E-state index in [0.717, 1.165) is 19.0 Å². The largest absolute Gasteiger partial charge is 0.366 e. The maximum absolute atomic E-state index is 13.6. The van der Waals surface area contributed by atoms with Crippen molar-refractivity contribution in [3.63, 3.8) is 0 Å². The van der Waals surface area contributed by atoms with Crippen LogP contribution in [0.1, 0.15) is 23.2 Å². The Morgan fingerprint density at radius 3 is 2.65 bits per heavy atom. The van der Waals surface area contributed by atoms with Gasteiger partial charge in [-0.25, -0.2) is 8.78 Å². The van der Waals surface area contributed by atoms with Gasteiger partial charge in [-0.05, 0) is 25.5 Å². The van der Waals surface area contributed by atoms with Crippen LogP contribution in [0.2, 0.25) is 0 Å². The van der Waals surface area contributed by atoms with E-state index in [9.17, 15) is 18.4 Å². The molecule has 1 aromatic carbocycles. The van der Waals surface area contributed by atoms with E-state index in [1.807, 2.05) is 0 Å². The number of piperidine rings is 1. The van der Waals surface area contributed by atoms with Gasteiger partial charge in [0.2, 0.25) is 5.91 Å². The van der Waals surface area contributed by atoms with Gasteiger partial charge in [0.25, 0.3) is 5.91 Å². The average molecular weight is 283 g/mol. The molecule has 1 aliphatic rings. The Hall–Kier alpha value is -2.02. The molecule has 1 saturated heterocycles. The molecule has 2 rings (SSSR count). The van der Waals surface area contributed by atoms with Crippen molar-refractivity contribution in [3.05, 3.63) is 29.3 Å². The lowest BCUT2D eigenvalue weighted by Gasteiger charge is -2.22. The Balaban J connectivity index is 2.18. The molecule has 20 heavy (non-hydrogen) atoms. The van der Waals surface area contributed by atoms with Gasteiger partial charge in [-0.2, -0.15) is 0 Å². The molecule has 1 aromatic rings. The molecule has 1 fully saturated rings. The molecule has 0 bridgehead atoms. The first-order valence-electron chi connectivity index (χ1n) is 6.29. The van der Waals surface area contributed by atoms with Crippen molar-refractivity contribution in [2.75, 3.05) is 18.4 Å². The van der Waals surface area contributed by atoms with Crippen LogP contribution in [0.5, 0.6) is 0 Å². The molecule has 1 heterocycles. The highest BCUT2D eigenvalue weighted by Crippen LogP contribution is 2.21. The third-order valence-corrected chi connectivity index (χ3v) is 3.25. The Bertz CT molecular complexity index is 543. The maximum Gasteiger partial charge on any atom is 0.251 e. The van der Waals surface area contributed by atoms with Gasteiger partial charge in [0.1, 0.15) is 11.6 Å². The minimum absolute atomic E-state index is 0.240. The van der Waals surface area contributed by atoms with Crippen molar-refractivity contribution in [1.29, 1.82) is 0 Å². The second-order valence-electron chi connectivity index (χ2n) is 4.71. The number of carbonyl (C=O) groups excluding carboxylic acids is 2. The zero-order valence-electron chi connectivity index (χ0n) is 10.7. The molecule has 1 atom stereocenters. The molecule has 0 aliphatic carbocycles.